The Morgan fingerprint density at radius 3 is 2.40 bits per heavy atom. The minimum absolute atomic E-state index is 0.215. The molecule has 0 saturated carbocycles. The van der Waals surface area contributed by atoms with Crippen molar-refractivity contribution in [3.63, 3.8) is 0 Å². The van der Waals surface area contributed by atoms with Crippen molar-refractivity contribution in [3.8, 4) is 0 Å². The number of thioether (sulfide) groups is 1. The fourth-order valence-electron chi connectivity index (χ4n) is 3.02. The Morgan fingerprint density at radius 1 is 1.00 bits per heavy atom. The molecular weight excluding hydrogens is 340 g/mol. The maximum absolute atomic E-state index is 10.3. The lowest BCUT2D eigenvalue weighted by molar-refractivity contribution is -0.322. The van der Waals surface area contributed by atoms with E-state index in [4.69, 9.17) is 18.9 Å². The zero-order chi connectivity index (χ0) is 18.1. The summed E-state index contributed by atoms with van der Waals surface area (Å²) in [5, 5.41) is 12.3. The fourth-order valence-corrected chi connectivity index (χ4v) is 3.73. The number of hydrogen-bond donors (Lipinski definition) is 1. The third-order valence-electron chi connectivity index (χ3n) is 4.10. The van der Waals surface area contributed by atoms with Crippen molar-refractivity contribution in [2.45, 2.75) is 68.6 Å². The molecule has 2 saturated heterocycles. The van der Waals surface area contributed by atoms with E-state index in [1.807, 2.05) is 57.4 Å². The molecular formula is C19H26O5S. The number of hydrogen-bond acceptors (Lipinski definition) is 6. The third kappa shape index (κ3) is 4.84. The first-order chi connectivity index (χ1) is 11.8. The van der Waals surface area contributed by atoms with Crippen LogP contribution in [0.15, 0.2) is 46.7 Å². The number of benzene rings is 1. The molecule has 3 rings (SSSR count). The van der Waals surface area contributed by atoms with E-state index in [-0.39, 0.29) is 12.7 Å². The average molecular weight is 366 g/mol. The van der Waals surface area contributed by atoms with E-state index in [1.54, 1.807) is 11.8 Å². The van der Waals surface area contributed by atoms with Gasteiger partial charge in [-0.25, -0.2) is 0 Å². The SMILES string of the molecule is CC1(C)OC[C@@H](O)[C@H]([C@@H]2OC(C)(C)O[C@@H]2/C=C\Sc2ccccc2)O1. The summed E-state index contributed by atoms with van der Waals surface area (Å²) in [6.45, 7) is 7.63. The van der Waals surface area contributed by atoms with Crippen LogP contribution < -0.4 is 0 Å². The molecule has 2 fully saturated rings. The Labute approximate surface area is 153 Å². The standard InChI is InChI=1S/C19H26O5S/c1-18(2)21-12-14(20)16(23-18)17-15(22-19(3,4)24-17)10-11-25-13-8-6-5-7-9-13/h5-11,14-17,20H,12H2,1-4H3/b11-10-/t14-,15-,16-,17-/m1/s1. The van der Waals surface area contributed by atoms with E-state index >= 15 is 0 Å². The number of rotatable bonds is 4. The largest absolute Gasteiger partial charge is 0.388 e. The molecule has 0 aromatic heterocycles. The summed E-state index contributed by atoms with van der Waals surface area (Å²) in [5.74, 6) is -1.49. The van der Waals surface area contributed by atoms with E-state index in [1.165, 1.54) is 0 Å². The van der Waals surface area contributed by atoms with Crippen LogP contribution in [0.1, 0.15) is 27.7 Å². The van der Waals surface area contributed by atoms with Crippen molar-refractivity contribution < 1.29 is 24.1 Å². The highest BCUT2D eigenvalue weighted by Crippen LogP contribution is 2.36. The van der Waals surface area contributed by atoms with Gasteiger partial charge in [-0.05, 0) is 51.3 Å². The molecule has 25 heavy (non-hydrogen) atoms. The van der Waals surface area contributed by atoms with E-state index in [2.05, 4.69) is 12.1 Å². The molecule has 5 nitrogen and oxygen atoms in total. The van der Waals surface area contributed by atoms with Gasteiger partial charge in [-0.15, -0.1) is 0 Å². The van der Waals surface area contributed by atoms with Gasteiger partial charge in [0, 0.05) is 4.90 Å². The van der Waals surface area contributed by atoms with E-state index in [0.29, 0.717) is 0 Å². The Hall–Kier alpha value is -0.890. The molecule has 1 N–H and O–H groups in total. The smallest absolute Gasteiger partial charge is 0.164 e. The third-order valence-corrected chi connectivity index (χ3v) is 4.94. The monoisotopic (exact) mass is 366 g/mol. The van der Waals surface area contributed by atoms with Crippen LogP contribution in [0.4, 0.5) is 0 Å². The minimum atomic E-state index is -0.757. The minimum Gasteiger partial charge on any atom is -0.388 e. The molecule has 0 amide bonds. The first kappa shape index (κ1) is 18.9. The highest BCUT2D eigenvalue weighted by Gasteiger charge is 2.50. The van der Waals surface area contributed by atoms with Crippen LogP contribution in [0, 0.1) is 0 Å². The molecule has 0 spiro atoms. The lowest BCUT2D eigenvalue weighted by Crippen LogP contribution is -2.55. The summed E-state index contributed by atoms with van der Waals surface area (Å²) in [6, 6.07) is 10.1. The molecule has 0 unspecified atom stereocenters. The van der Waals surface area contributed by atoms with Gasteiger partial charge in [0.1, 0.15) is 24.4 Å². The van der Waals surface area contributed by atoms with Gasteiger partial charge >= 0.3 is 0 Å². The molecule has 2 aliphatic heterocycles. The van der Waals surface area contributed by atoms with Crippen molar-refractivity contribution in [1.29, 1.82) is 0 Å². The zero-order valence-electron chi connectivity index (χ0n) is 15.0. The van der Waals surface area contributed by atoms with Gasteiger partial charge in [0.15, 0.2) is 11.6 Å². The Balaban J connectivity index is 1.72. The molecule has 2 aliphatic rings. The normalized spacial score (nSPS) is 34.4. The van der Waals surface area contributed by atoms with Crippen LogP contribution in [0.2, 0.25) is 0 Å². The summed E-state index contributed by atoms with van der Waals surface area (Å²) in [4.78, 5) is 1.15. The first-order valence-electron chi connectivity index (χ1n) is 8.50. The highest BCUT2D eigenvalue weighted by atomic mass is 32.2. The maximum Gasteiger partial charge on any atom is 0.164 e. The number of aliphatic hydroxyl groups excluding tert-OH is 1. The lowest BCUT2D eigenvalue weighted by atomic mass is 10.0. The van der Waals surface area contributed by atoms with Gasteiger partial charge in [-0.1, -0.05) is 30.0 Å². The van der Waals surface area contributed by atoms with Crippen molar-refractivity contribution in [2.24, 2.45) is 0 Å². The van der Waals surface area contributed by atoms with Crippen molar-refractivity contribution in [3.05, 3.63) is 41.8 Å². The van der Waals surface area contributed by atoms with Gasteiger partial charge in [0.05, 0.1) is 6.61 Å². The molecule has 1 aromatic carbocycles. The van der Waals surface area contributed by atoms with E-state index in [9.17, 15) is 5.11 Å². The Bertz CT molecular complexity index is 601. The van der Waals surface area contributed by atoms with Crippen LogP contribution in [0.3, 0.4) is 0 Å². The zero-order valence-corrected chi connectivity index (χ0v) is 15.9. The first-order valence-corrected chi connectivity index (χ1v) is 9.38. The van der Waals surface area contributed by atoms with Crippen molar-refractivity contribution >= 4 is 11.8 Å². The fraction of sp³-hybridized carbons (Fsp3) is 0.579. The van der Waals surface area contributed by atoms with Gasteiger partial charge in [-0.3, -0.25) is 0 Å². The molecule has 4 atom stereocenters. The summed E-state index contributed by atoms with van der Waals surface area (Å²) < 4.78 is 23.5. The van der Waals surface area contributed by atoms with E-state index in [0.717, 1.165) is 4.90 Å². The quantitative estimate of drug-likeness (QED) is 0.825. The summed E-state index contributed by atoms with van der Waals surface area (Å²) in [7, 11) is 0. The van der Waals surface area contributed by atoms with Crippen LogP contribution in [0.25, 0.3) is 0 Å². The second-order valence-corrected chi connectivity index (χ2v) is 8.16. The summed E-state index contributed by atoms with van der Waals surface area (Å²) >= 11 is 1.61. The van der Waals surface area contributed by atoms with Gasteiger partial charge in [0.2, 0.25) is 0 Å². The van der Waals surface area contributed by atoms with Gasteiger partial charge < -0.3 is 24.1 Å². The van der Waals surface area contributed by atoms with Gasteiger partial charge in [0.25, 0.3) is 0 Å². The molecule has 6 heteroatoms. The van der Waals surface area contributed by atoms with Crippen LogP contribution in [0.5, 0.6) is 0 Å². The van der Waals surface area contributed by atoms with E-state index < -0.39 is 29.9 Å². The summed E-state index contributed by atoms with van der Waals surface area (Å²) in [5.41, 5.74) is 0. The van der Waals surface area contributed by atoms with Gasteiger partial charge in [-0.2, -0.15) is 0 Å². The number of aliphatic hydroxyl groups is 1. The molecule has 0 aliphatic carbocycles. The topological polar surface area (TPSA) is 57.2 Å². The van der Waals surface area contributed by atoms with Crippen LogP contribution in [-0.4, -0.2) is 47.7 Å². The maximum atomic E-state index is 10.3. The molecule has 138 valence electrons. The second kappa shape index (κ2) is 7.39. The highest BCUT2D eigenvalue weighted by molar-refractivity contribution is 8.02. The average Bonchev–Trinajstić information content (AvgIpc) is 2.85. The Morgan fingerprint density at radius 2 is 1.68 bits per heavy atom. The van der Waals surface area contributed by atoms with Crippen LogP contribution >= 0.6 is 11.8 Å². The predicted octanol–water partition coefficient (Wildman–Crippen LogP) is 3.32. The predicted molar refractivity (Wildman–Crippen MR) is 96.2 cm³/mol. The second-order valence-electron chi connectivity index (χ2n) is 7.18. The molecule has 0 radical (unpaired) electrons. The lowest BCUT2D eigenvalue weighted by Gasteiger charge is -2.41. The Kier molecular flexibility index (Phi) is 5.58. The number of ether oxygens (including phenoxy) is 4. The van der Waals surface area contributed by atoms with Crippen molar-refractivity contribution in [2.75, 3.05) is 6.61 Å². The van der Waals surface area contributed by atoms with Crippen molar-refractivity contribution in [1.82, 2.24) is 0 Å². The molecule has 0 bridgehead atoms. The molecule has 1 aromatic rings. The molecule has 2 heterocycles. The van der Waals surface area contributed by atoms with Crippen LogP contribution in [-0.2, 0) is 18.9 Å². The summed E-state index contributed by atoms with van der Waals surface area (Å²) in [6.07, 6.45) is -0.00836.